The molecule has 4 aliphatic rings. The molecule has 0 spiro atoms. The van der Waals surface area contributed by atoms with E-state index in [0.717, 1.165) is 44.9 Å². The molecule has 0 saturated heterocycles. The Morgan fingerprint density at radius 1 is 1.15 bits per heavy atom. The minimum Gasteiger partial charge on any atom is -0.481 e. The maximum atomic E-state index is 12.1. The summed E-state index contributed by atoms with van der Waals surface area (Å²) in [5.41, 5.74) is 0.838. The van der Waals surface area contributed by atoms with E-state index in [1.807, 2.05) is 6.08 Å². The third-order valence-electron chi connectivity index (χ3n) is 8.52. The maximum absolute atomic E-state index is 12.1. The summed E-state index contributed by atoms with van der Waals surface area (Å²) >= 11 is 0. The molecule has 0 aromatic rings. The molecule has 0 aromatic carbocycles. The second kappa shape index (κ2) is 6.46. The van der Waals surface area contributed by atoms with Crippen LogP contribution in [0.25, 0.3) is 0 Å². The van der Waals surface area contributed by atoms with Crippen LogP contribution in [-0.2, 0) is 19.1 Å². The van der Waals surface area contributed by atoms with Gasteiger partial charge >= 0.3 is 11.9 Å². The summed E-state index contributed by atoms with van der Waals surface area (Å²) in [6.45, 7) is 4.00. The molecular weight excluding hydrogens is 344 g/mol. The molecule has 0 amide bonds. The molecule has 5 nitrogen and oxygen atoms in total. The van der Waals surface area contributed by atoms with Crippen LogP contribution in [0.3, 0.4) is 0 Å². The second-order valence-corrected chi connectivity index (χ2v) is 9.50. The summed E-state index contributed by atoms with van der Waals surface area (Å²) in [4.78, 5) is 35.4. The van der Waals surface area contributed by atoms with Crippen molar-refractivity contribution in [1.29, 1.82) is 0 Å². The zero-order valence-electron chi connectivity index (χ0n) is 16.3. The molecule has 0 bridgehead atoms. The standard InChI is InChI=1S/C22H30O5/c1-13(23)27-12-22-10-7-15(24)11-14(22)3-4-16-17-5-6-19(20(25)26)21(17,2)9-8-18(16)22/h11,16-19H,3-10,12H2,1-2H3,(H,25,26)/t16?,17?,18?,19-,21?,22?/m0/s1. The average Bonchev–Trinajstić information content (AvgIpc) is 2.97. The van der Waals surface area contributed by atoms with E-state index >= 15 is 0 Å². The first-order chi connectivity index (χ1) is 12.8. The fraction of sp³-hybridized carbons (Fsp3) is 0.773. The highest BCUT2D eigenvalue weighted by Gasteiger charge is 2.61. The third kappa shape index (κ3) is 2.76. The van der Waals surface area contributed by atoms with E-state index in [1.165, 1.54) is 12.5 Å². The van der Waals surface area contributed by atoms with Gasteiger partial charge in [0, 0.05) is 18.8 Å². The number of aliphatic carboxylic acids is 1. The maximum Gasteiger partial charge on any atom is 0.307 e. The van der Waals surface area contributed by atoms with Crippen LogP contribution in [0.5, 0.6) is 0 Å². The van der Waals surface area contributed by atoms with Crippen molar-refractivity contribution in [2.75, 3.05) is 6.61 Å². The van der Waals surface area contributed by atoms with Gasteiger partial charge in [0.1, 0.15) is 6.61 Å². The third-order valence-corrected chi connectivity index (χ3v) is 8.52. The van der Waals surface area contributed by atoms with Gasteiger partial charge in [-0.05, 0) is 74.2 Å². The number of hydrogen-bond donors (Lipinski definition) is 1. The van der Waals surface area contributed by atoms with E-state index in [9.17, 15) is 19.5 Å². The summed E-state index contributed by atoms with van der Waals surface area (Å²) in [7, 11) is 0. The van der Waals surface area contributed by atoms with Gasteiger partial charge in [-0.15, -0.1) is 0 Å². The molecule has 3 fully saturated rings. The summed E-state index contributed by atoms with van der Waals surface area (Å²) < 4.78 is 5.54. The number of esters is 1. The fourth-order valence-electron chi connectivity index (χ4n) is 7.27. The van der Waals surface area contributed by atoms with E-state index in [1.54, 1.807) is 0 Å². The van der Waals surface area contributed by atoms with Gasteiger partial charge in [-0.25, -0.2) is 0 Å². The number of carbonyl (C=O) groups excluding carboxylic acids is 2. The minimum atomic E-state index is -0.646. The van der Waals surface area contributed by atoms with Crippen LogP contribution >= 0.6 is 0 Å². The Morgan fingerprint density at radius 3 is 2.63 bits per heavy atom. The molecule has 5 unspecified atom stereocenters. The first-order valence-corrected chi connectivity index (χ1v) is 10.4. The van der Waals surface area contributed by atoms with Gasteiger partial charge < -0.3 is 9.84 Å². The molecule has 0 heterocycles. The van der Waals surface area contributed by atoms with Crippen molar-refractivity contribution in [3.63, 3.8) is 0 Å². The largest absolute Gasteiger partial charge is 0.481 e. The topological polar surface area (TPSA) is 80.7 Å². The zero-order chi connectivity index (χ0) is 19.4. The van der Waals surface area contributed by atoms with Crippen molar-refractivity contribution in [2.45, 2.75) is 65.2 Å². The Hall–Kier alpha value is -1.65. The lowest BCUT2D eigenvalue weighted by Crippen LogP contribution is -2.53. The number of ketones is 1. The normalized spacial score (nSPS) is 43.2. The highest BCUT2D eigenvalue weighted by Crippen LogP contribution is 2.66. The molecule has 4 rings (SSSR count). The van der Waals surface area contributed by atoms with E-state index < -0.39 is 5.97 Å². The summed E-state index contributed by atoms with van der Waals surface area (Å²) in [5.74, 6) is 0.311. The van der Waals surface area contributed by atoms with Gasteiger partial charge in [-0.1, -0.05) is 12.5 Å². The Kier molecular flexibility index (Phi) is 4.47. The van der Waals surface area contributed by atoms with E-state index in [2.05, 4.69) is 6.92 Å². The van der Waals surface area contributed by atoms with Gasteiger partial charge in [-0.3, -0.25) is 14.4 Å². The molecule has 148 valence electrons. The number of carboxylic acid groups (broad SMARTS) is 1. The number of fused-ring (bicyclic) bond motifs is 5. The predicted molar refractivity (Wildman–Crippen MR) is 98.8 cm³/mol. The molecule has 3 saturated carbocycles. The Labute approximate surface area is 160 Å². The van der Waals surface area contributed by atoms with Crippen molar-refractivity contribution in [2.24, 2.45) is 34.5 Å². The summed E-state index contributed by atoms with van der Waals surface area (Å²) in [6, 6.07) is 0. The first-order valence-electron chi connectivity index (χ1n) is 10.4. The number of carboxylic acids is 1. The quantitative estimate of drug-likeness (QED) is 0.761. The molecule has 27 heavy (non-hydrogen) atoms. The van der Waals surface area contributed by atoms with Gasteiger partial charge in [0.25, 0.3) is 0 Å². The Balaban J connectivity index is 1.68. The van der Waals surface area contributed by atoms with Crippen LogP contribution in [0.1, 0.15) is 65.2 Å². The number of hydrogen-bond acceptors (Lipinski definition) is 4. The van der Waals surface area contributed by atoms with Crippen molar-refractivity contribution in [1.82, 2.24) is 0 Å². The van der Waals surface area contributed by atoms with Crippen LogP contribution in [0, 0.1) is 34.5 Å². The molecule has 0 aliphatic heterocycles. The summed E-state index contributed by atoms with van der Waals surface area (Å²) in [5, 5.41) is 9.72. The predicted octanol–water partition coefficient (Wildman–Crippen LogP) is 3.76. The SMILES string of the molecule is CC(=O)OCC12CCC(=O)C=C1CCC1C2CCC2(C)C1CC[C@H]2C(=O)O. The van der Waals surface area contributed by atoms with Gasteiger partial charge in [0.2, 0.25) is 0 Å². The Morgan fingerprint density at radius 2 is 1.93 bits per heavy atom. The van der Waals surface area contributed by atoms with Crippen LogP contribution in [0.15, 0.2) is 11.6 Å². The van der Waals surface area contributed by atoms with Crippen molar-refractivity contribution >= 4 is 17.7 Å². The lowest BCUT2D eigenvalue weighted by Gasteiger charge is -2.58. The molecular formula is C22H30O5. The minimum absolute atomic E-state index is 0.124. The highest BCUT2D eigenvalue weighted by atomic mass is 16.5. The molecule has 0 radical (unpaired) electrons. The van der Waals surface area contributed by atoms with Crippen molar-refractivity contribution in [3.05, 3.63) is 11.6 Å². The molecule has 1 N–H and O–H groups in total. The van der Waals surface area contributed by atoms with Crippen LogP contribution in [0.4, 0.5) is 0 Å². The monoisotopic (exact) mass is 374 g/mol. The van der Waals surface area contributed by atoms with E-state index in [4.69, 9.17) is 4.74 Å². The van der Waals surface area contributed by atoms with Crippen molar-refractivity contribution in [3.8, 4) is 0 Å². The van der Waals surface area contributed by atoms with E-state index in [0.29, 0.717) is 30.8 Å². The smallest absolute Gasteiger partial charge is 0.307 e. The van der Waals surface area contributed by atoms with Crippen molar-refractivity contribution < 1.29 is 24.2 Å². The highest BCUT2D eigenvalue weighted by molar-refractivity contribution is 5.91. The fourth-order valence-corrected chi connectivity index (χ4v) is 7.27. The molecule has 4 aliphatic carbocycles. The first kappa shape index (κ1) is 18.7. The average molecular weight is 374 g/mol. The lowest BCUT2D eigenvalue weighted by molar-refractivity contribution is -0.155. The van der Waals surface area contributed by atoms with Crippen LogP contribution < -0.4 is 0 Å². The van der Waals surface area contributed by atoms with Crippen LogP contribution in [0.2, 0.25) is 0 Å². The number of carbonyl (C=O) groups is 3. The lowest BCUT2D eigenvalue weighted by atomic mass is 9.46. The van der Waals surface area contributed by atoms with Gasteiger partial charge in [0.15, 0.2) is 5.78 Å². The van der Waals surface area contributed by atoms with E-state index in [-0.39, 0.29) is 28.5 Å². The zero-order valence-corrected chi connectivity index (χ0v) is 16.3. The van der Waals surface area contributed by atoms with Gasteiger partial charge in [-0.2, -0.15) is 0 Å². The van der Waals surface area contributed by atoms with Gasteiger partial charge in [0.05, 0.1) is 5.92 Å². The molecule has 6 atom stereocenters. The molecule has 0 aromatic heterocycles. The number of rotatable bonds is 3. The van der Waals surface area contributed by atoms with Crippen LogP contribution in [-0.4, -0.2) is 29.4 Å². The Bertz CT molecular complexity index is 709. The second-order valence-electron chi connectivity index (χ2n) is 9.50. The summed E-state index contributed by atoms with van der Waals surface area (Å²) in [6.07, 6.45) is 8.65. The molecule has 5 heteroatoms. The number of ether oxygens (including phenoxy) is 1.